The number of hydrogen-bond donors (Lipinski definition) is 1. The van der Waals surface area contributed by atoms with Gasteiger partial charge in [0.15, 0.2) is 0 Å². The molecule has 10 nitrogen and oxygen atoms in total. The number of nitrogens with one attached hydrogen (secondary N) is 1. The Morgan fingerprint density at radius 3 is 2.71 bits per heavy atom. The Morgan fingerprint density at radius 2 is 2.00 bits per heavy atom. The quantitative estimate of drug-likeness (QED) is 0.387. The molecule has 1 aliphatic heterocycles. The number of carbonyl (C=O) groups is 2. The van der Waals surface area contributed by atoms with E-state index in [9.17, 15) is 14.9 Å². The third kappa shape index (κ3) is 7.42. The van der Waals surface area contributed by atoms with Crippen LogP contribution < -0.4 is 10.1 Å². The lowest BCUT2D eigenvalue weighted by atomic mass is 9.91. The maximum Gasteiger partial charge on any atom is 0.407 e. The lowest BCUT2D eigenvalue weighted by Crippen LogP contribution is -2.38. The molecule has 1 N–H and O–H groups in total. The van der Waals surface area contributed by atoms with E-state index in [1.54, 1.807) is 18.2 Å². The molecule has 3 aromatic rings. The SMILES string of the molecule is Cc1c(-c2noc(-c3ccc(OC(C)C)c(C#N)c3)n2)ccc2c1CCN(C(=O)CCNC(=O)OCC(C)(C)C)C2. The van der Waals surface area contributed by atoms with Crippen LogP contribution in [-0.4, -0.2) is 52.8 Å². The number of amides is 2. The molecule has 2 amide bonds. The first-order valence-corrected chi connectivity index (χ1v) is 13.8. The number of nitriles is 1. The van der Waals surface area contributed by atoms with Crippen LogP contribution in [0.1, 0.15) is 63.3 Å². The highest BCUT2D eigenvalue weighted by molar-refractivity contribution is 5.78. The minimum Gasteiger partial charge on any atom is -0.490 e. The molecule has 0 fully saturated rings. The van der Waals surface area contributed by atoms with Crippen molar-refractivity contribution in [2.75, 3.05) is 19.7 Å². The van der Waals surface area contributed by atoms with Crippen molar-refractivity contribution < 1.29 is 23.6 Å². The van der Waals surface area contributed by atoms with Gasteiger partial charge in [-0.3, -0.25) is 4.79 Å². The summed E-state index contributed by atoms with van der Waals surface area (Å²) in [6, 6.07) is 11.3. The van der Waals surface area contributed by atoms with Crippen molar-refractivity contribution in [1.29, 1.82) is 5.26 Å². The summed E-state index contributed by atoms with van der Waals surface area (Å²) < 4.78 is 16.4. The van der Waals surface area contributed by atoms with E-state index < -0.39 is 6.09 Å². The lowest BCUT2D eigenvalue weighted by Gasteiger charge is -2.30. The summed E-state index contributed by atoms with van der Waals surface area (Å²) in [5, 5.41) is 16.4. The van der Waals surface area contributed by atoms with E-state index in [1.807, 2.05) is 58.6 Å². The number of nitrogens with zero attached hydrogens (tertiary/aromatic N) is 4. The predicted octanol–water partition coefficient (Wildman–Crippen LogP) is 5.42. The second-order valence-corrected chi connectivity index (χ2v) is 11.7. The van der Waals surface area contributed by atoms with Gasteiger partial charge in [-0.25, -0.2) is 4.79 Å². The third-order valence-electron chi connectivity index (χ3n) is 6.66. The molecule has 0 bridgehead atoms. The fourth-order valence-electron chi connectivity index (χ4n) is 4.62. The molecule has 41 heavy (non-hydrogen) atoms. The van der Waals surface area contributed by atoms with Gasteiger partial charge in [-0.15, -0.1) is 0 Å². The molecular weight excluding hydrogens is 522 g/mol. The number of fused-ring (bicyclic) bond motifs is 1. The Kier molecular flexibility index (Phi) is 8.96. The summed E-state index contributed by atoms with van der Waals surface area (Å²) in [6.07, 6.45) is 0.356. The second kappa shape index (κ2) is 12.4. The van der Waals surface area contributed by atoms with Crippen LogP contribution in [0.15, 0.2) is 34.9 Å². The van der Waals surface area contributed by atoms with Crippen molar-refractivity contribution in [2.24, 2.45) is 5.41 Å². The molecule has 1 aliphatic rings. The maximum absolute atomic E-state index is 12.8. The molecular formula is C31H37N5O5. The Hall–Kier alpha value is -4.39. The first-order valence-electron chi connectivity index (χ1n) is 13.8. The Morgan fingerprint density at radius 1 is 1.22 bits per heavy atom. The third-order valence-corrected chi connectivity index (χ3v) is 6.66. The van der Waals surface area contributed by atoms with Crippen molar-refractivity contribution in [3.8, 4) is 34.7 Å². The molecule has 0 saturated heterocycles. The van der Waals surface area contributed by atoms with Crippen molar-refractivity contribution in [3.05, 3.63) is 52.6 Å². The van der Waals surface area contributed by atoms with E-state index in [0.717, 1.165) is 16.7 Å². The average Bonchev–Trinajstić information content (AvgIpc) is 3.41. The van der Waals surface area contributed by atoms with Gasteiger partial charge in [0.1, 0.15) is 11.8 Å². The molecule has 0 saturated carbocycles. The molecule has 216 valence electrons. The van der Waals surface area contributed by atoms with Crippen LogP contribution in [0.3, 0.4) is 0 Å². The zero-order valence-corrected chi connectivity index (χ0v) is 24.5. The Labute approximate surface area is 240 Å². The fourth-order valence-corrected chi connectivity index (χ4v) is 4.62. The first-order chi connectivity index (χ1) is 19.4. The molecule has 2 heterocycles. The first kappa shape index (κ1) is 29.6. The van der Waals surface area contributed by atoms with E-state index in [2.05, 4.69) is 21.5 Å². The average molecular weight is 560 g/mol. The van der Waals surface area contributed by atoms with E-state index >= 15 is 0 Å². The molecule has 0 aliphatic carbocycles. The fraction of sp³-hybridized carbons (Fsp3) is 0.452. The zero-order valence-electron chi connectivity index (χ0n) is 24.5. The smallest absolute Gasteiger partial charge is 0.407 e. The topological polar surface area (TPSA) is 131 Å². The summed E-state index contributed by atoms with van der Waals surface area (Å²) >= 11 is 0. The number of hydrogen-bond acceptors (Lipinski definition) is 8. The van der Waals surface area contributed by atoms with Gasteiger partial charge in [0.25, 0.3) is 5.89 Å². The summed E-state index contributed by atoms with van der Waals surface area (Å²) in [5.74, 6) is 1.28. The van der Waals surface area contributed by atoms with Crippen LogP contribution in [0.4, 0.5) is 4.79 Å². The standard InChI is InChI=1S/C31H37N5O5/c1-19(2)40-26-10-8-21(15-23(26)16-32)29-34-28(35-41-29)25-9-7-22-17-36(14-12-24(22)20(25)3)27(37)11-13-33-30(38)39-18-31(4,5)6/h7-10,15,19H,11-14,17-18H2,1-6H3,(H,33,38). The largest absolute Gasteiger partial charge is 0.490 e. The number of rotatable bonds is 8. The highest BCUT2D eigenvalue weighted by Crippen LogP contribution is 2.32. The summed E-state index contributed by atoms with van der Waals surface area (Å²) in [7, 11) is 0. The molecule has 10 heteroatoms. The van der Waals surface area contributed by atoms with Crippen LogP contribution in [0.25, 0.3) is 22.8 Å². The molecule has 0 unspecified atom stereocenters. The molecule has 1 aromatic heterocycles. The number of benzene rings is 2. The lowest BCUT2D eigenvalue weighted by molar-refractivity contribution is -0.132. The predicted molar refractivity (Wildman–Crippen MR) is 153 cm³/mol. The number of alkyl carbamates (subject to hydrolysis) is 1. The van der Waals surface area contributed by atoms with Gasteiger partial charge in [0, 0.05) is 37.2 Å². The van der Waals surface area contributed by atoms with Gasteiger partial charge in [-0.05, 0) is 67.5 Å². The monoisotopic (exact) mass is 559 g/mol. The van der Waals surface area contributed by atoms with Crippen molar-refractivity contribution in [3.63, 3.8) is 0 Å². The van der Waals surface area contributed by atoms with Crippen LogP contribution in [0, 0.1) is 23.7 Å². The number of ether oxygens (including phenoxy) is 2. The van der Waals surface area contributed by atoms with Crippen molar-refractivity contribution >= 4 is 12.0 Å². The Balaban J connectivity index is 1.40. The molecule has 0 radical (unpaired) electrons. The van der Waals surface area contributed by atoms with Crippen LogP contribution in [-0.2, 0) is 22.5 Å². The highest BCUT2D eigenvalue weighted by atomic mass is 16.5. The van der Waals surface area contributed by atoms with Gasteiger partial charge in [0.2, 0.25) is 11.7 Å². The summed E-state index contributed by atoms with van der Waals surface area (Å²) in [4.78, 5) is 31.1. The van der Waals surface area contributed by atoms with E-state index in [-0.39, 0.29) is 30.4 Å². The van der Waals surface area contributed by atoms with Gasteiger partial charge < -0.3 is 24.2 Å². The van der Waals surface area contributed by atoms with Gasteiger partial charge >= 0.3 is 6.09 Å². The number of carbonyl (C=O) groups excluding carboxylic acids is 2. The van der Waals surface area contributed by atoms with Gasteiger partial charge in [0.05, 0.1) is 18.3 Å². The Bertz CT molecular complexity index is 1460. The maximum atomic E-state index is 12.8. The highest BCUT2D eigenvalue weighted by Gasteiger charge is 2.24. The molecule has 0 atom stereocenters. The van der Waals surface area contributed by atoms with Crippen molar-refractivity contribution in [1.82, 2.24) is 20.4 Å². The van der Waals surface area contributed by atoms with Gasteiger partial charge in [-0.2, -0.15) is 10.2 Å². The summed E-state index contributed by atoms with van der Waals surface area (Å²) in [6.45, 7) is 13.4. The minimum absolute atomic E-state index is 0.0159. The molecule has 0 spiro atoms. The van der Waals surface area contributed by atoms with E-state index in [4.69, 9.17) is 14.0 Å². The van der Waals surface area contributed by atoms with Crippen molar-refractivity contribution in [2.45, 2.75) is 67.0 Å². The summed E-state index contributed by atoms with van der Waals surface area (Å²) in [5.41, 5.74) is 5.07. The van der Waals surface area contributed by atoms with E-state index in [1.165, 1.54) is 5.56 Å². The second-order valence-electron chi connectivity index (χ2n) is 11.7. The number of aromatic nitrogens is 2. The van der Waals surface area contributed by atoms with Gasteiger partial charge in [-0.1, -0.05) is 38.1 Å². The van der Waals surface area contributed by atoms with Crippen LogP contribution in [0.2, 0.25) is 0 Å². The normalized spacial score (nSPS) is 13.0. The zero-order chi connectivity index (χ0) is 29.7. The van der Waals surface area contributed by atoms with Crippen LogP contribution in [0.5, 0.6) is 5.75 Å². The minimum atomic E-state index is -0.507. The molecule has 2 aromatic carbocycles. The van der Waals surface area contributed by atoms with Crippen LogP contribution >= 0.6 is 0 Å². The van der Waals surface area contributed by atoms with E-state index in [0.29, 0.717) is 54.7 Å². The molecule has 4 rings (SSSR count).